The number of rotatable bonds is 6. The highest BCUT2D eigenvalue weighted by Gasteiger charge is 2.19. The maximum Gasteiger partial charge on any atom is 0.164 e. The fourth-order valence-corrected chi connectivity index (χ4v) is 3.37. The molecule has 25 heavy (non-hydrogen) atoms. The summed E-state index contributed by atoms with van der Waals surface area (Å²) in [6, 6.07) is 14.1. The van der Waals surface area contributed by atoms with E-state index in [1.807, 2.05) is 12.1 Å². The minimum Gasteiger partial charge on any atom is -0.549 e. The number of thioether (sulfide) groups is 1. The molecule has 0 spiro atoms. The summed E-state index contributed by atoms with van der Waals surface area (Å²) in [4.78, 5) is 24.6. The van der Waals surface area contributed by atoms with Crippen LogP contribution in [-0.4, -0.2) is 17.0 Å². The van der Waals surface area contributed by atoms with Gasteiger partial charge in [-0.05, 0) is 35.2 Å². The molecule has 0 radical (unpaired) electrons. The Morgan fingerprint density at radius 3 is 2.08 bits per heavy atom. The Bertz CT molecular complexity index is 746. The molecule has 2 rings (SSSR count). The van der Waals surface area contributed by atoms with Crippen LogP contribution >= 0.6 is 23.4 Å². The zero-order chi connectivity index (χ0) is 18.6. The van der Waals surface area contributed by atoms with Crippen LogP contribution in [0.15, 0.2) is 53.4 Å². The number of Topliss-reactive ketones (excluding diaryl/α,β-unsaturated/α-hetero) is 1. The molecule has 0 aromatic heterocycles. The molecule has 0 heterocycles. The van der Waals surface area contributed by atoms with E-state index in [0.29, 0.717) is 10.6 Å². The maximum absolute atomic E-state index is 12.4. The van der Waals surface area contributed by atoms with Crippen molar-refractivity contribution in [3.63, 3.8) is 0 Å². The molecule has 0 saturated carbocycles. The van der Waals surface area contributed by atoms with Gasteiger partial charge in [-0.15, -0.1) is 11.8 Å². The van der Waals surface area contributed by atoms with Gasteiger partial charge in [-0.1, -0.05) is 56.6 Å². The Hall–Kier alpha value is -1.78. The number of halogens is 1. The number of carbonyl (C=O) groups excluding carboxylic acids is 2. The normalized spacial score (nSPS) is 12.6. The van der Waals surface area contributed by atoms with Gasteiger partial charge in [-0.25, -0.2) is 0 Å². The average molecular weight is 376 g/mol. The first-order valence-corrected chi connectivity index (χ1v) is 9.19. The molecule has 0 aliphatic carbocycles. The molecule has 132 valence electrons. The lowest BCUT2D eigenvalue weighted by molar-refractivity contribution is -0.304. The number of hydrogen-bond donors (Lipinski definition) is 0. The third-order valence-electron chi connectivity index (χ3n) is 3.80. The molecule has 0 aliphatic heterocycles. The van der Waals surface area contributed by atoms with E-state index in [-0.39, 0.29) is 17.6 Å². The van der Waals surface area contributed by atoms with Crippen LogP contribution in [0.25, 0.3) is 0 Å². The first-order valence-electron chi connectivity index (χ1n) is 7.93. The van der Waals surface area contributed by atoms with Gasteiger partial charge in [0, 0.05) is 21.9 Å². The molecule has 3 nitrogen and oxygen atoms in total. The topological polar surface area (TPSA) is 57.2 Å². The SMILES string of the molecule is CC(C)(C)c1ccc(C(=O)C[C@H](Sc2ccc(Cl)cc2)C(=O)[O-])cc1. The van der Waals surface area contributed by atoms with Crippen LogP contribution in [0, 0.1) is 0 Å². The molecule has 0 fully saturated rings. The van der Waals surface area contributed by atoms with E-state index in [4.69, 9.17) is 11.6 Å². The van der Waals surface area contributed by atoms with Crippen molar-refractivity contribution in [1.82, 2.24) is 0 Å². The van der Waals surface area contributed by atoms with Gasteiger partial charge in [-0.3, -0.25) is 4.79 Å². The fraction of sp³-hybridized carbons (Fsp3) is 0.300. The van der Waals surface area contributed by atoms with Crippen molar-refractivity contribution in [1.29, 1.82) is 0 Å². The van der Waals surface area contributed by atoms with Crippen LogP contribution in [0.5, 0.6) is 0 Å². The van der Waals surface area contributed by atoms with Crippen LogP contribution in [0.2, 0.25) is 5.02 Å². The smallest absolute Gasteiger partial charge is 0.164 e. The Kier molecular flexibility index (Phi) is 6.31. The second-order valence-corrected chi connectivity index (χ2v) is 8.55. The van der Waals surface area contributed by atoms with Gasteiger partial charge in [-0.2, -0.15) is 0 Å². The van der Waals surface area contributed by atoms with Gasteiger partial charge in [0.1, 0.15) is 0 Å². The number of carbonyl (C=O) groups is 2. The predicted molar refractivity (Wildman–Crippen MR) is 100 cm³/mol. The maximum atomic E-state index is 12.4. The number of aliphatic carboxylic acids is 1. The second kappa shape index (κ2) is 8.07. The zero-order valence-corrected chi connectivity index (χ0v) is 16.0. The van der Waals surface area contributed by atoms with E-state index < -0.39 is 11.2 Å². The molecule has 0 saturated heterocycles. The van der Waals surface area contributed by atoms with Crippen molar-refractivity contribution in [2.75, 3.05) is 0 Å². The molecule has 0 amide bonds. The summed E-state index contributed by atoms with van der Waals surface area (Å²) < 4.78 is 0. The molecule has 0 N–H and O–H groups in total. The number of benzene rings is 2. The van der Waals surface area contributed by atoms with Crippen LogP contribution in [0.3, 0.4) is 0 Å². The number of carboxylic acids is 1. The summed E-state index contributed by atoms with van der Waals surface area (Å²) >= 11 is 6.92. The molecule has 0 bridgehead atoms. The van der Waals surface area contributed by atoms with Crippen LogP contribution in [-0.2, 0) is 10.2 Å². The van der Waals surface area contributed by atoms with E-state index in [1.165, 1.54) is 0 Å². The number of ketones is 1. The van der Waals surface area contributed by atoms with Gasteiger partial charge >= 0.3 is 0 Å². The summed E-state index contributed by atoms with van der Waals surface area (Å²) in [6.07, 6.45) is -0.121. The van der Waals surface area contributed by atoms with Crippen LogP contribution < -0.4 is 5.11 Å². The van der Waals surface area contributed by atoms with Crippen molar-refractivity contribution >= 4 is 35.1 Å². The molecule has 0 aliphatic rings. The van der Waals surface area contributed by atoms with E-state index in [1.54, 1.807) is 36.4 Å². The van der Waals surface area contributed by atoms with Crippen LogP contribution in [0.1, 0.15) is 43.1 Å². The molecule has 0 unspecified atom stereocenters. The average Bonchev–Trinajstić information content (AvgIpc) is 2.55. The van der Waals surface area contributed by atoms with Crippen molar-refractivity contribution < 1.29 is 14.7 Å². The Morgan fingerprint density at radius 1 is 1.04 bits per heavy atom. The highest BCUT2D eigenvalue weighted by atomic mass is 35.5. The molecule has 1 atom stereocenters. The minimum atomic E-state index is -1.25. The standard InChI is InChI=1S/C20H21ClO3S/c1-20(2,3)14-6-4-13(5-7-14)17(22)12-18(19(23)24)25-16-10-8-15(21)9-11-16/h4-11,18H,12H2,1-3H3,(H,23,24)/p-1/t18-/m0/s1. The largest absolute Gasteiger partial charge is 0.549 e. The third kappa shape index (κ3) is 5.62. The molecular weight excluding hydrogens is 356 g/mol. The van der Waals surface area contributed by atoms with E-state index >= 15 is 0 Å². The zero-order valence-electron chi connectivity index (χ0n) is 14.4. The summed E-state index contributed by atoms with van der Waals surface area (Å²) in [5.41, 5.74) is 1.63. The van der Waals surface area contributed by atoms with Gasteiger partial charge in [0.15, 0.2) is 5.78 Å². The summed E-state index contributed by atoms with van der Waals surface area (Å²) in [5, 5.41) is 11.0. The summed E-state index contributed by atoms with van der Waals surface area (Å²) in [6.45, 7) is 6.29. The summed E-state index contributed by atoms with van der Waals surface area (Å²) in [5.74, 6) is -1.46. The van der Waals surface area contributed by atoms with Crippen molar-refractivity contribution in [3.8, 4) is 0 Å². The highest BCUT2D eigenvalue weighted by Crippen LogP contribution is 2.28. The van der Waals surface area contributed by atoms with Gasteiger partial charge in [0.2, 0.25) is 0 Å². The lowest BCUT2D eigenvalue weighted by Crippen LogP contribution is -2.35. The lowest BCUT2D eigenvalue weighted by atomic mass is 9.86. The van der Waals surface area contributed by atoms with E-state index in [0.717, 1.165) is 22.2 Å². The van der Waals surface area contributed by atoms with Crippen LogP contribution in [0.4, 0.5) is 0 Å². The monoisotopic (exact) mass is 375 g/mol. The Balaban J connectivity index is 2.09. The Morgan fingerprint density at radius 2 is 1.60 bits per heavy atom. The molecule has 2 aromatic rings. The third-order valence-corrected chi connectivity index (χ3v) is 5.24. The van der Waals surface area contributed by atoms with E-state index in [9.17, 15) is 14.7 Å². The number of hydrogen-bond acceptors (Lipinski definition) is 4. The van der Waals surface area contributed by atoms with Crippen molar-refractivity contribution in [3.05, 3.63) is 64.7 Å². The second-order valence-electron chi connectivity index (χ2n) is 6.83. The first kappa shape index (κ1) is 19.5. The predicted octanol–water partition coefficient (Wildman–Crippen LogP) is 4.12. The van der Waals surface area contributed by atoms with Crippen molar-refractivity contribution in [2.45, 2.75) is 42.8 Å². The van der Waals surface area contributed by atoms with Gasteiger partial charge in [0.05, 0.1) is 11.2 Å². The Labute approximate surface area is 157 Å². The van der Waals surface area contributed by atoms with E-state index in [2.05, 4.69) is 20.8 Å². The lowest BCUT2D eigenvalue weighted by Gasteiger charge is -2.20. The first-order chi connectivity index (χ1) is 11.7. The molecular formula is C20H20ClO3S-. The highest BCUT2D eigenvalue weighted by molar-refractivity contribution is 8.00. The number of carboxylic acid groups (broad SMARTS) is 1. The van der Waals surface area contributed by atoms with Gasteiger partial charge in [0.25, 0.3) is 0 Å². The summed E-state index contributed by atoms with van der Waals surface area (Å²) in [7, 11) is 0. The quantitative estimate of drug-likeness (QED) is 0.563. The molecule has 5 heteroatoms. The van der Waals surface area contributed by atoms with Gasteiger partial charge < -0.3 is 9.90 Å². The fourth-order valence-electron chi connectivity index (χ4n) is 2.29. The van der Waals surface area contributed by atoms with Crippen molar-refractivity contribution in [2.24, 2.45) is 0 Å². The molecule has 2 aromatic carbocycles. The minimum absolute atomic E-state index is 0.000464.